The number of hydrogen-bond donors (Lipinski definition) is 2. The minimum atomic E-state index is -4.41. The third-order valence-corrected chi connectivity index (χ3v) is 3.62. The van der Waals surface area contributed by atoms with Gasteiger partial charge in [-0.2, -0.15) is 0 Å². The Labute approximate surface area is 107 Å². The van der Waals surface area contributed by atoms with Gasteiger partial charge in [-0.3, -0.25) is 10.1 Å². The van der Waals surface area contributed by atoms with E-state index in [0.29, 0.717) is 0 Å². The molecule has 0 aromatic heterocycles. The van der Waals surface area contributed by atoms with Crippen molar-refractivity contribution in [3.8, 4) is 0 Å². The number of halogens is 2. The highest BCUT2D eigenvalue weighted by atomic mass is 32.2. The molecule has 10 heteroatoms. The molecule has 0 aliphatic heterocycles. The van der Waals surface area contributed by atoms with Gasteiger partial charge in [0.15, 0.2) is 4.90 Å². The summed E-state index contributed by atoms with van der Waals surface area (Å²) < 4.78 is 50.8. The van der Waals surface area contributed by atoms with Crippen LogP contribution in [0.3, 0.4) is 0 Å². The molecule has 0 heterocycles. The topological polar surface area (TPSA) is 115 Å². The summed E-state index contributed by atoms with van der Waals surface area (Å²) in [4.78, 5) is 9.09. The zero-order valence-corrected chi connectivity index (χ0v) is 10.4. The number of nitrogens with zero attached hydrogens (tertiary/aromatic N) is 1. The summed E-state index contributed by atoms with van der Waals surface area (Å²) in [7, 11) is -4.41. The number of benzene rings is 1. The lowest BCUT2D eigenvalue weighted by Gasteiger charge is -2.14. The molecule has 0 aliphatic rings. The van der Waals surface area contributed by atoms with Crippen LogP contribution in [0, 0.1) is 10.1 Å². The molecule has 7 nitrogen and oxygen atoms in total. The van der Waals surface area contributed by atoms with Crippen LogP contribution in [-0.4, -0.2) is 32.4 Å². The third kappa shape index (κ3) is 3.91. The summed E-state index contributed by atoms with van der Waals surface area (Å²) in [5.74, 6) is -3.42. The highest BCUT2D eigenvalue weighted by Crippen LogP contribution is 2.23. The van der Waals surface area contributed by atoms with Crippen molar-refractivity contribution >= 4 is 15.7 Å². The molecular weight excluding hydrogens is 284 g/mol. The van der Waals surface area contributed by atoms with Gasteiger partial charge in [-0.1, -0.05) is 12.1 Å². The fourth-order valence-electron chi connectivity index (χ4n) is 1.19. The molecule has 1 aromatic rings. The number of hydrogen-bond acceptors (Lipinski definition) is 5. The van der Waals surface area contributed by atoms with Gasteiger partial charge in [-0.25, -0.2) is 21.9 Å². The smallest absolute Gasteiger partial charge is 0.289 e. The Bertz CT molecular complexity index is 577. The average Bonchev–Trinajstić information content (AvgIpc) is 2.37. The SMILES string of the molecule is NCC(F)(F)CNS(=O)(=O)c1ccccc1[N+](=O)[O-]. The van der Waals surface area contributed by atoms with Gasteiger partial charge in [0.25, 0.3) is 11.6 Å². The monoisotopic (exact) mass is 295 g/mol. The third-order valence-electron chi connectivity index (χ3n) is 2.17. The first-order chi connectivity index (χ1) is 8.69. The van der Waals surface area contributed by atoms with Crippen LogP contribution in [0.1, 0.15) is 0 Å². The maximum absolute atomic E-state index is 12.9. The first-order valence-electron chi connectivity index (χ1n) is 5.00. The van der Waals surface area contributed by atoms with Crippen LogP contribution in [0.15, 0.2) is 29.2 Å². The lowest BCUT2D eigenvalue weighted by atomic mass is 10.3. The molecule has 19 heavy (non-hydrogen) atoms. The lowest BCUT2D eigenvalue weighted by Crippen LogP contribution is -2.41. The van der Waals surface area contributed by atoms with Gasteiger partial charge in [0.1, 0.15) is 0 Å². The van der Waals surface area contributed by atoms with Crippen molar-refractivity contribution in [2.24, 2.45) is 5.73 Å². The first kappa shape index (κ1) is 15.4. The van der Waals surface area contributed by atoms with Gasteiger partial charge in [0.05, 0.1) is 18.0 Å². The van der Waals surface area contributed by atoms with Crippen molar-refractivity contribution in [3.63, 3.8) is 0 Å². The minimum Gasteiger partial charge on any atom is -0.325 e. The Hall–Kier alpha value is -1.65. The zero-order chi connectivity index (χ0) is 14.7. The van der Waals surface area contributed by atoms with Crippen molar-refractivity contribution in [1.29, 1.82) is 0 Å². The van der Waals surface area contributed by atoms with Gasteiger partial charge < -0.3 is 5.73 Å². The number of para-hydroxylation sites is 1. The summed E-state index contributed by atoms with van der Waals surface area (Å²) in [5, 5.41) is 10.7. The molecule has 0 atom stereocenters. The summed E-state index contributed by atoms with van der Waals surface area (Å²) in [6.07, 6.45) is 0. The molecule has 0 aliphatic carbocycles. The van der Waals surface area contributed by atoms with E-state index in [1.54, 1.807) is 4.72 Å². The summed E-state index contributed by atoms with van der Waals surface area (Å²) in [6.45, 7) is -2.26. The Kier molecular flexibility index (Phi) is 4.50. The second-order valence-electron chi connectivity index (χ2n) is 3.61. The molecule has 1 rings (SSSR count). The van der Waals surface area contributed by atoms with E-state index in [9.17, 15) is 27.3 Å². The molecular formula is C9H11F2N3O4S. The Morgan fingerprint density at radius 3 is 2.47 bits per heavy atom. The van der Waals surface area contributed by atoms with Gasteiger partial charge in [-0.05, 0) is 6.07 Å². The highest BCUT2D eigenvalue weighted by molar-refractivity contribution is 7.89. The molecule has 0 spiro atoms. The van der Waals surface area contributed by atoms with E-state index in [4.69, 9.17) is 5.73 Å². The van der Waals surface area contributed by atoms with Crippen molar-refractivity contribution in [2.75, 3.05) is 13.1 Å². The summed E-state index contributed by atoms with van der Waals surface area (Å²) in [5.41, 5.74) is 4.07. The van der Waals surface area contributed by atoms with Crippen LogP contribution in [-0.2, 0) is 10.0 Å². The van der Waals surface area contributed by atoms with Crippen molar-refractivity contribution in [1.82, 2.24) is 4.72 Å². The number of sulfonamides is 1. The number of alkyl halides is 2. The second kappa shape index (κ2) is 5.55. The van der Waals surface area contributed by atoms with Gasteiger partial charge in [-0.15, -0.1) is 0 Å². The lowest BCUT2D eigenvalue weighted by molar-refractivity contribution is -0.387. The summed E-state index contributed by atoms with van der Waals surface area (Å²) >= 11 is 0. The van der Waals surface area contributed by atoms with Crippen LogP contribution in [0.2, 0.25) is 0 Å². The number of nitrogens with one attached hydrogen (secondary N) is 1. The highest BCUT2D eigenvalue weighted by Gasteiger charge is 2.31. The van der Waals surface area contributed by atoms with Crippen LogP contribution in [0.5, 0.6) is 0 Å². The quantitative estimate of drug-likeness (QED) is 0.584. The van der Waals surface area contributed by atoms with Gasteiger partial charge in [0, 0.05) is 6.07 Å². The molecule has 0 bridgehead atoms. The number of nitro groups is 1. The van der Waals surface area contributed by atoms with E-state index in [1.807, 2.05) is 0 Å². The van der Waals surface area contributed by atoms with Crippen molar-refractivity contribution < 1.29 is 22.1 Å². The molecule has 0 unspecified atom stereocenters. The predicted molar refractivity (Wildman–Crippen MR) is 62.3 cm³/mol. The van der Waals surface area contributed by atoms with Gasteiger partial charge in [0.2, 0.25) is 10.0 Å². The second-order valence-corrected chi connectivity index (χ2v) is 5.34. The maximum atomic E-state index is 12.9. The minimum absolute atomic E-state index is 0.673. The molecule has 106 valence electrons. The number of nitrogens with two attached hydrogens (primary N) is 1. The normalized spacial score (nSPS) is 12.4. The zero-order valence-electron chi connectivity index (χ0n) is 9.55. The van der Waals surface area contributed by atoms with Crippen molar-refractivity contribution in [2.45, 2.75) is 10.8 Å². The van der Waals surface area contributed by atoms with Crippen LogP contribution < -0.4 is 10.5 Å². The van der Waals surface area contributed by atoms with Crippen molar-refractivity contribution in [3.05, 3.63) is 34.4 Å². The maximum Gasteiger partial charge on any atom is 0.289 e. The average molecular weight is 295 g/mol. The first-order valence-corrected chi connectivity index (χ1v) is 6.49. The molecule has 1 aromatic carbocycles. The van der Waals surface area contributed by atoms with Crippen LogP contribution in [0.25, 0.3) is 0 Å². The number of rotatable bonds is 6. The molecule has 0 saturated heterocycles. The number of nitro benzene ring substituents is 1. The van der Waals surface area contributed by atoms with Crippen LogP contribution >= 0.6 is 0 Å². The van der Waals surface area contributed by atoms with Crippen LogP contribution in [0.4, 0.5) is 14.5 Å². The molecule has 0 saturated carbocycles. The van der Waals surface area contributed by atoms with E-state index in [-0.39, 0.29) is 0 Å². The molecule has 0 fully saturated rings. The summed E-state index contributed by atoms with van der Waals surface area (Å²) in [6, 6.07) is 4.45. The fraction of sp³-hybridized carbons (Fsp3) is 0.333. The van der Waals surface area contributed by atoms with E-state index < -0.39 is 44.5 Å². The Morgan fingerprint density at radius 2 is 1.95 bits per heavy atom. The van der Waals surface area contributed by atoms with Gasteiger partial charge >= 0.3 is 0 Å². The molecule has 0 radical (unpaired) electrons. The standard InChI is InChI=1S/C9H11F2N3O4S/c10-9(11,5-12)6-13-19(17,18)8-4-2-1-3-7(8)14(15)16/h1-4,13H,5-6,12H2. The van der Waals surface area contributed by atoms with E-state index in [1.165, 1.54) is 12.1 Å². The Morgan fingerprint density at radius 1 is 1.37 bits per heavy atom. The van der Waals surface area contributed by atoms with E-state index >= 15 is 0 Å². The largest absolute Gasteiger partial charge is 0.325 e. The molecule has 0 amide bonds. The fourth-order valence-corrected chi connectivity index (χ4v) is 2.42. The van der Waals surface area contributed by atoms with E-state index in [0.717, 1.165) is 12.1 Å². The van der Waals surface area contributed by atoms with E-state index in [2.05, 4.69) is 0 Å². The molecule has 3 N–H and O–H groups in total. The Balaban J connectivity index is 3.05. The predicted octanol–water partition coefficient (Wildman–Crippen LogP) is 0.467.